The summed E-state index contributed by atoms with van der Waals surface area (Å²) in [6.45, 7) is 33.7. The van der Waals surface area contributed by atoms with Crippen LogP contribution in [0.5, 0.6) is 0 Å². The van der Waals surface area contributed by atoms with E-state index in [0.29, 0.717) is 35.5 Å². The molecular weight excluding hydrogens is 876 g/mol. The van der Waals surface area contributed by atoms with Gasteiger partial charge in [0.2, 0.25) is 13.4 Å². The first-order chi connectivity index (χ1) is 35.0. The van der Waals surface area contributed by atoms with Crippen LogP contribution in [-0.2, 0) is 10.8 Å². The van der Waals surface area contributed by atoms with Crippen molar-refractivity contribution in [3.8, 4) is 0 Å². The molecule has 1 aliphatic carbocycles. The summed E-state index contributed by atoms with van der Waals surface area (Å²) in [4.78, 5) is 2.62. The molecule has 0 unspecified atom stereocenters. The van der Waals surface area contributed by atoms with Crippen molar-refractivity contribution in [3.63, 3.8) is 0 Å². The standard InChI is InChI=1S/C70H75B2N/c1-42(2)48-37-51(44(5)6)67(52(38-48)45(7)8)71-61-31-21-22-32-62(61)72(68-53(46(9)10)39-49(43(3)4)40-54(68)47(11)12)64-41-50(35-36-63(64)71)73-65-33-23-19-29-59(65)70(60-30-20-24-34-66(60)73)57-27-17-15-25-55(57)69(13,14)56-26-16-18-28-58(56)70/h15-47H,1-14H3. The Bertz CT molecular complexity index is 3280. The molecule has 1 spiro atoms. The number of hydrogen-bond acceptors (Lipinski definition) is 1. The van der Waals surface area contributed by atoms with Gasteiger partial charge in [0, 0.05) is 11.1 Å². The summed E-state index contributed by atoms with van der Waals surface area (Å²) in [5.74, 6) is 2.27. The summed E-state index contributed by atoms with van der Waals surface area (Å²) in [5.41, 5.74) is 28.7. The van der Waals surface area contributed by atoms with Gasteiger partial charge in [0.1, 0.15) is 0 Å². The second kappa shape index (κ2) is 18.3. The van der Waals surface area contributed by atoms with E-state index < -0.39 is 5.41 Å². The highest BCUT2D eigenvalue weighted by Crippen LogP contribution is 2.62. The van der Waals surface area contributed by atoms with Crippen LogP contribution in [-0.4, -0.2) is 13.4 Å². The summed E-state index contributed by atoms with van der Waals surface area (Å²) in [6.07, 6.45) is 0. The molecule has 0 amide bonds. The average Bonchev–Trinajstić information content (AvgIpc) is 3.38. The van der Waals surface area contributed by atoms with E-state index in [2.05, 4.69) is 266 Å². The van der Waals surface area contributed by atoms with Crippen LogP contribution in [0, 0.1) is 0 Å². The Morgan fingerprint density at radius 1 is 0.329 bits per heavy atom. The number of para-hydroxylation sites is 2. The second-order valence-corrected chi connectivity index (χ2v) is 24.3. The van der Waals surface area contributed by atoms with Crippen molar-refractivity contribution in [2.75, 3.05) is 4.90 Å². The van der Waals surface area contributed by atoms with Gasteiger partial charge in [0.05, 0.1) is 16.8 Å². The molecule has 0 saturated heterocycles. The predicted molar refractivity (Wildman–Crippen MR) is 318 cm³/mol. The third kappa shape index (κ3) is 7.41. The van der Waals surface area contributed by atoms with E-state index in [1.54, 1.807) is 0 Å². The zero-order chi connectivity index (χ0) is 51.4. The van der Waals surface area contributed by atoms with Crippen molar-refractivity contribution < 1.29 is 0 Å². The van der Waals surface area contributed by atoms with Crippen molar-refractivity contribution in [1.29, 1.82) is 0 Å². The van der Waals surface area contributed by atoms with Gasteiger partial charge in [0.25, 0.3) is 0 Å². The first kappa shape index (κ1) is 48.9. The van der Waals surface area contributed by atoms with Crippen LogP contribution < -0.4 is 37.7 Å². The minimum atomic E-state index is -0.522. The van der Waals surface area contributed by atoms with E-state index in [1.807, 2.05) is 0 Å². The molecule has 0 saturated carbocycles. The molecule has 3 heteroatoms. The van der Waals surface area contributed by atoms with Crippen LogP contribution in [0.3, 0.4) is 0 Å². The van der Waals surface area contributed by atoms with Crippen molar-refractivity contribution in [1.82, 2.24) is 0 Å². The number of hydrogen-bond donors (Lipinski definition) is 0. The third-order valence-electron chi connectivity index (χ3n) is 17.6. The predicted octanol–water partition coefficient (Wildman–Crippen LogP) is 14.6. The molecule has 8 aromatic carbocycles. The summed E-state index contributed by atoms with van der Waals surface area (Å²) in [7, 11) is 0. The van der Waals surface area contributed by atoms with Crippen molar-refractivity contribution in [2.45, 2.75) is 143 Å². The molecule has 0 radical (unpaired) electrons. The second-order valence-electron chi connectivity index (χ2n) is 24.3. The van der Waals surface area contributed by atoms with Gasteiger partial charge >= 0.3 is 0 Å². The molecule has 0 fully saturated rings. The zero-order valence-electron chi connectivity index (χ0n) is 46.2. The van der Waals surface area contributed by atoms with Gasteiger partial charge in [-0.05, 0) is 127 Å². The average molecular weight is 952 g/mol. The van der Waals surface area contributed by atoms with E-state index in [4.69, 9.17) is 0 Å². The van der Waals surface area contributed by atoms with E-state index >= 15 is 0 Å². The normalized spacial score (nSPS) is 15.0. The molecule has 0 N–H and O–H groups in total. The molecule has 3 aliphatic rings. The van der Waals surface area contributed by atoms with Gasteiger partial charge in [-0.3, -0.25) is 0 Å². The number of fused-ring (bicyclic) bond motifs is 10. The van der Waals surface area contributed by atoms with Crippen LogP contribution >= 0.6 is 0 Å². The van der Waals surface area contributed by atoms with Gasteiger partial charge in [0.15, 0.2) is 0 Å². The topological polar surface area (TPSA) is 3.24 Å². The Kier molecular flexibility index (Phi) is 12.2. The number of nitrogens with zero attached hydrogens (tertiary/aromatic N) is 1. The Balaban J connectivity index is 1.25. The molecule has 2 aliphatic heterocycles. The lowest BCUT2D eigenvalue weighted by Gasteiger charge is -2.52. The highest BCUT2D eigenvalue weighted by Gasteiger charge is 2.53. The molecule has 0 bridgehead atoms. The lowest BCUT2D eigenvalue weighted by molar-refractivity contribution is 0.556. The maximum atomic E-state index is 2.65. The summed E-state index contributed by atoms with van der Waals surface area (Å²) >= 11 is 0. The SMILES string of the molecule is CC(C)c1cc(C(C)C)c(B2c3ccccc3B(c3c(C(C)C)cc(C(C)C)cc3C(C)C)c3cc(N4c5ccccc5C5(c6ccccc64)c4ccccc4C(C)(C)c4ccccc45)ccc32)c(C(C)C)c1. The first-order valence-corrected chi connectivity index (χ1v) is 27.7. The van der Waals surface area contributed by atoms with Crippen molar-refractivity contribution >= 4 is 63.3 Å². The van der Waals surface area contributed by atoms with E-state index in [9.17, 15) is 0 Å². The molecule has 1 nitrogen and oxygen atoms in total. The monoisotopic (exact) mass is 952 g/mol. The van der Waals surface area contributed by atoms with Crippen molar-refractivity contribution in [2.24, 2.45) is 0 Å². The fraction of sp³-hybridized carbons (Fsp3) is 0.314. The zero-order valence-corrected chi connectivity index (χ0v) is 46.2. The fourth-order valence-electron chi connectivity index (χ4n) is 14.0. The van der Waals surface area contributed by atoms with Gasteiger partial charge in [-0.15, -0.1) is 0 Å². The number of benzene rings is 8. The first-order valence-electron chi connectivity index (χ1n) is 27.7. The Hall–Kier alpha value is -6.31. The molecule has 2 heterocycles. The summed E-state index contributed by atoms with van der Waals surface area (Å²) in [6, 6.07) is 64.9. The number of anilines is 3. The maximum Gasteiger partial charge on any atom is 0.240 e. The van der Waals surface area contributed by atoms with Gasteiger partial charge in [-0.2, -0.15) is 0 Å². The molecular formula is C70H75B2N. The van der Waals surface area contributed by atoms with E-state index in [-0.39, 0.29) is 18.8 Å². The largest absolute Gasteiger partial charge is 0.310 e. The van der Waals surface area contributed by atoms with E-state index in [1.165, 1.54) is 117 Å². The molecule has 0 aromatic heterocycles. The lowest BCUT2D eigenvalue weighted by Crippen LogP contribution is -2.76. The summed E-state index contributed by atoms with van der Waals surface area (Å²) < 4.78 is 0. The highest BCUT2D eigenvalue weighted by atomic mass is 15.2. The number of rotatable bonds is 9. The maximum absolute atomic E-state index is 2.65. The van der Waals surface area contributed by atoms with Gasteiger partial charge < -0.3 is 4.90 Å². The van der Waals surface area contributed by atoms with Crippen LogP contribution in [0.4, 0.5) is 17.1 Å². The highest BCUT2D eigenvalue weighted by molar-refractivity contribution is 7.11. The molecule has 366 valence electrons. The van der Waals surface area contributed by atoms with Crippen molar-refractivity contribution in [3.05, 3.63) is 231 Å². The van der Waals surface area contributed by atoms with Crippen LogP contribution in [0.15, 0.2) is 164 Å². The van der Waals surface area contributed by atoms with Crippen LogP contribution in [0.2, 0.25) is 0 Å². The molecule has 73 heavy (non-hydrogen) atoms. The van der Waals surface area contributed by atoms with Gasteiger partial charge in [-0.25, -0.2) is 0 Å². The summed E-state index contributed by atoms with van der Waals surface area (Å²) in [5, 5.41) is 0. The molecule has 11 rings (SSSR count). The molecule has 0 atom stereocenters. The van der Waals surface area contributed by atoms with E-state index in [0.717, 1.165) is 0 Å². The minimum absolute atomic E-state index is 0.0271. The molecule has 8 aromatic rings. The van der Waals surface area contributed by atoms with Crippen LogP contribution in [0.25, 0.3) is 0 Å². The lowest BCUT2D eigenvalue weighted by atomic mass is 9.20. The fourth-order valence-corrected chi connectivity index (χ4v) is 14.0. The Morgan fingerprint density at radius 3 is 1.04 bits per heavy atom. The van der Waals surface area contributed by atoms with Gasteiger partial charge in [-0.1, -0.05) is 269 Å². The smallest absolute Gasteiger partial charge is 0.240 e. The Morgan fingerprint density at radius 2 is 0.658 bits per heavy atom. The quantitative estimate of drug-likeness (QED) is 0.130. The Labute approximate surface area is 439 Å². The third-order valence-corrected chi connectivity index (χ3v) is 17.6. The minimum Gasteiger partial charge on any atom is -0.310 e. The van der Waals surface area contributed by atoms with Crippen LogP contribution in [0.1, 0.15) is 199 Å².